The fourth-order valence-corrected chi connectivity index (χ4v) is 7.19. The van der Waals surface area contributed by atoms with Crippen LogP contribution in [-0.4, -0.2) is 60.5 Å². The minimum absolute atomic E-state index is 0.210. The number of fused-ring (bicyclic) bond motifs is 1. The zero-order chi connectivity index (χ0) is 27.3. The minimum Gasteiger partial charge on any atom is -0.490 e. The van der Waals surface area contributed by atoms with E-state index < -0.39 is 0 Å². The molecule has 0 radical (unpaired) electrons. The van der Waals surface area contributed by atoms with Gasteiger partial charge in [-0.05, 0) is 88.1 Å². The van der Waals surface area contributed by atoms with Crippen molar-refractivity contribution in [2.75, 3.05) is 32.7 Å². The first kappa shape index (κ1) is 27.5. The molecule has 6 rings (SSSR count). The number of rotatable bonds is 11. The van der Waals surface area contributed by atoms with Crippen LogP contribution >= 0.6 is 0 Å². The monoisotopic (exact) mass is 538 g/mol. The Kier molecular flexibility index (Phi) is 8.84. The smallest absolute Gasteiger partial charge is 0.163 e. The summed E-state index contributed by atoms with van der Waals surface area (Å²) >= 11 is 0. The molecule has 0 aromatic heterocycles. The Labute approximate surface area is 241 Å². The van der Waals surface area contributed by atoms with Gasteiger partial charge in [-0.25, -0.2) is 0 Å². The van der Waals surface area contributed by atoms with Crippen LogP contribution in [0.4, 0.5) is 0 Å². The third-order valence-electron chi connectivity index (χ3n) is 9.74. The van der Waals surface area contributed by atoms with Crippen LogP contribution in [0.25, 0.3) is 0 Å². The molecule has 40 heavy (non-hydrogen) atoms. The third kappa shape index (κ3) is 6.78. The first-order valence-electron chi connectivity index (χ1n) is 15.8. The average Bonchev–Trinajstić information content (AvgIpc) is 3.79. The highest BCUT2D eigenvalue weighted by Gasteiger charge is 2.42. The molecule has 2 aliphatic carbocycles. The number of ketones is 1. The number of piperidine rings is 2. The molecule has 0 amide bonds. The van der Waals surface area contributed by atoms with Crippen LogP contribution in [0.5, 0.6) is 5.75 Å². The molecule has 0 spiro atoms. The summed E-state index contributed by atoms with van der Waals surface area (Å²) in [5.41, 5.74) is 3.87. The van der Waals surface area contributed by atoms with E-state index in [0.29, 0.717) is 18.4 Å². The number of likely N-dealkylation sites (tertiary alicyclic amines) is 2. The van der Waals surface area contributed by atoms with Crippen molar-refractivity contribution in [1.29, 1.82) is 0 Å². The maximum absolute atomic E-state index is 12.9. The van der Waals surface area contributed by atoms with Crippen molar-refractivity contribution in [2.45, 2.75) is 76.4 Å². The Balaban J connectivity index is 0.994. The normalized spacial score (nSPS) is 26.1. The van der Waals surface area contributed by atoms with Crippen molar-refractivity contribution in [3.8, 4) is 5.75 Å². The zero-order valence-electron chi connectivity index (χ0n) is 24.2. The number of Topliss-reactive ketones (excluding diaryl/α,β-unsaturated/α-hetero) is 1. The minimum atomic E-state index is 0.210. The van der Waals surface area contributed by atoms with Gasteiger partial charge >= 0.3 is 0 Å². The molecule has 2 saturated heterocycles. The summed E-state index contributed by atoms with van der Waals surface area (Å²) in [4.78, 5) is 18.1. The molecule has 3 fully saturated rings. The van der Waals surface area contributed by atoms with E-state index in [9.17, 15) is 4.79 Å². The van der Waals surface area contributed by atoms with Crippen LogP contribution in [0.15, 0.2) is 78.4 Å². The number of hydrogen-bond acceptors (Lipinski definition) is 4. The van der Waals surface area contributed by atoms with Gasteiger partial charge in [0.25, 0.3) is 0 Å². The second-order valence-corrected chi connectivity index (χ2v) is 12.6. The SMILES string of the molecule is CC1CCCCN1CCCC(=O)c1cccc(OC2CCN(CC(C3=CC=CC4CC34)c3ccccc3)CC2)c1. The van der Waals surface area contributed by atoms with E-state index in [1.54, 1.807) is 5.57 Å². The van der Waals surface area contributed by atoms with Gasteiger partial charge < -0.3 is 14.5 Å². The Morgan fingerprint density at radius 3 is 2.67 bits per heavy atom. The van der Waals surface area contributed by atoms with E-state index in [2.05, 4.69) is 65.3 Å². The molecule has 1 saturated carbocycles. The summed E-state index contributed by atoms with van der Waals surface area (Å²) in [5, 5.41) is 0. The number of allylic oxidation sites excluding steroid dienone is 3. The largest absolute Gasteiger partial charge is 0.490 e. The van der Waals surface area contributed by atoms with Gasteiger partial charge in [-0.15, -0.1) is 0 Å². The second kappa shape index (κ2) is 12.9. The Morgan fingerprint density at radius 1 is 1.00 bits per heavy atom. The van der Waals surface area contributed by atoms with E-state index in [1.165, 1.54) is 37.8 Å². The van der Waals surface area contributed by atoms with E-state index in [1.807, 2.05) is 24.3 Å². The van der Waals surface area contributed by atoms with Crippen LogP contribution in [0.2, 0.25) is 0 Å². The summed E-state index contributed by atoms with van der Waals surface area (Å²) < 4.78 is 6.43. The number of benzene rings is 2. The van der Waals surface area contributed by atoms with Gasteiger partial charge in [-0.1, -0.05) is 72.7 Å². The lowest BCUT2D eigenvalue weighted by Crippen LogP contribution is -2.40. The number of carbonyl (C=O) groups excluding carboxylic acids is 1. The molecule has 212 valence electrons. The molecule has 4 unspecified atom stereocenters. The van der Waals surface area contributed by atoms with Crippen molar-refractivity contribution in [3.63, 3.8) is 0 Å². The molecule has 4 nitrogen and oxygen atoms in total. The molecule has 4 atom stereocenters. The fourth-order valence-electron chi connectivity index (χ4n) is 7.19. The molecule has 2 aliphatic heterocycles. The summed E-state index contributed by atoms with van der Waals surface area (Å²) in [6, 6.07) is 19.7. The first-order valence-corrected chi connectivity index (χ1v) is 15.8. The van der Waals surface area contributed by atoms with Crippen molar-refractivity contribution >= 4 is 5.78 Å². The molecule has 2 aromatic rings. The van der Waals surface area contributed by atoms with Crippen LogP contribution in [0.1, 0.15) is 80.1 Å². The predicted molar refractivity (Wildman–Crippen MR) is 163 cm³/mol. The van der Waals surface area contributed by atoms with Gasteiger partial charge in [0.1, 0.15) is 11.9 Å². The van der Waals surface area contributed by atoms with Crippen molar-refractivity contribution < 1.29 is 9.53 Å². The number of carbonyl (C=O) groups is 1. The topological polar surface area (TPSA) is 32.8 Å². The van der Waals surface area contributed by atoms with E-state index in [-0.39, 0.29) is 11.9 Å². The Bertz CT molecular complexity index is 1200. The van der Waals surface area contributed by atoms with E-state index in [4.69, 9.17) is 4.74 Å². The van der Waals surface area contributed by atoms with Crippen LogP contribution < -0.4 is 4.74 Å². The molecular weight excluding hydrogens is 492 g/mol. The van der Waals surface area contributed by atoms with Gasteiger partial charge in [0.2, 0.25) is 0 Å². The Morgan fingerprint density at radius 2 is 1.85 bits per heavy atom. The standard InChI is InChI=1S/C36H46N2O2/c1-27-10-5-6-20-38(27)21-9-17-36(39)30-14-7-15-32(24-30)40-31-18-22-37(23-19-31)26-35(28-11-3-2-4-12-28)33-16-8-13-29-25-34(29)33/h2-4,7-8,11-16,24,27,29,31,34-35H,5-6,9-10,17-23,25-26H2,1H3. The molecule has 2 heterocycles. The van der Waals surface area contributed by atoms with Gasteiger partial charge in [0.05, 0.1) is 0 Å². The zero-order valence-corrected chi connectivity index (χ0v) is 24.2. The van der Waals surface area contributed by atoms with Crippen LogP contribution in [-0.2, 0) is 0 Å². The predicted octanol–water partition coefficient (Wildman–Crippen LogP) is 7.28. The maximum atomic E-state index is 12.9. The summed E-state index contributed by atoms with van der Waals surface area (Å²) in [7, 11) is 0. The van der Waals surface area contributed by atoms with Gasteiger partial charge in [0.15, 0.2) is 5.78 Å². The van der Waals surface area contributed by atoms with Crippen molar-refractivity contribution in [2.24, 2.45) is 11.8 Å². The van der Waals surface area contributed by atoms with Gasteiger partial charge in [-0.3, -0.25) is 4.79 Å². The van der Waals surface area contributed by atoms with Crippen LogP contribution in [0.3, 0.4) is 0 Å². The maximum Gasteiger partial charge on any atom is 0.163 e. The summed E-state index contributed by atoms with van der Waals surface area (Å²) in [6.07, 6.45) is 16.1. The Hall–Kier alpha value is -2.69. The second-order valence-electron chi connectivity index (χ2n) is 12.6. The van der Waals surface area contributed by atoms with E-state index >= 15 is 0 Å². The quantitative estimate of drug-likeness (QED) is 0.281. The molecule has 0 N–H and O–H groups in total. The number of hydrogen-bond donors (Lipinski definition) is 0. The lowest BCUT2D eigenvalue weighted by molar-refractivity contribution is 0.0949. The van der Waals surface area contributed by atoms with Crippen molar-refractivity contribution in [1.82, 2.24) is 9.80 Å². The van der Waals surface area contributed by atoms with Gasteiger partial charge in [-0.2, -0.15) is 0 Å². The summed E-state index contributed by atoms with van der Waals surface area (Å²) in [6.45, 7) is 7.72. The molecular formula is C36H46N2O2. The first-order chi connectivity index (χ1) is 19.6. The highest BCUT2D eigenvalue weighted by molar-refractivity contribution is 5.96. The van der Waals surface area contributed by atoms with Crippen molar-refractivity contribution in [3.05, 3.63) is 89.5 Å². The molecule has 4 heteroatoms. The lowest BCUT2D eigenvalue weighted by Gasteiger charge is -2.35. The average molecular weight is 539 g/mol. The van der Waals surface area contributed by atoms with Gasteiger partial charge in [0, 0.05) is 43.6 Å². The summed E-state index contributed by atoms with van der Waals surface area (Å²) in [5.74, 6) is 3.07. The number of nitrogens with zero attached hydrogens (tertiary/aromatic N) is 2. The van der Waals surface area contributed by atoms with E-state index in [0.717, 1.165) is 68.6 Å². The fraction of sp³-hybridized carbons (Fsp3) is 0.528. The molecule has 0 bridgehead atoms. The highest BCUT2D eigenvalue weighted by Crippen LogP contribution is 2.51. The lowest BCUT2D eigenvalue weighted by atomic mass is 9.85. The highest BCUT2D eigenvalue weighted by atomic mass is 16.5. The molecule has 4 aliphatic rings. The third-order valence-corrected chi connectivity index (χ3v) is 9.74. The van der Waals surface area contributed by atoms with Crippen LogP contribution in [0, 0.1) is 11.8 Å². The number of ether oxygens (including phenoxy) is 1. The molecule has 2 aromatic carbocycles.